The van der Waals surface area contributed by atoms with Crippen LogP contribution in [0.25, 0.3) is 0 Å². The van der Waals surface area contributed by atoms with Gasteiger partial charge in [-0.2, -0.15) is 0 Å². The molecule has 1 aromatic carbocycles. The van der Waals surface area contributed by atoms with Crippen LogP contribution in [-0.4, -0.2) is 47.5 Å². The van der Waals surface area contributed by atoms with Gasteiger partial charge in [-0.15, -0.1) is 0 Å². The average molecular weight is 319 g/mol. The van der Waals surface area contributed by atoms with Crippen molar-refractivity contribution >= 4 is 11.9 Å². The molecule has 0 radical (unpaired) electrons. The van der Waals surface area contributed by atoms with E-state index in [9.17, 15) is 9.59 Å². The van der Waals surface area contributed by atoms with Crippen molar-refractivity contribution in [3.63, 3.8) is 0 Å². The highest BCUT2D eigenvalue weighted by molar-refractivity contribution is 5.85. The van der Waals surface area contributed by atoms with Crippen LogP contribution in [0.1, 0.15) is 26.3 Å². The zero-order valence-corrected chi connectivity index (χ0v) is 13.5. The van der Waals surface area contributed by atoms with Crippen LogP contribution in [0.3, 0.4) is 0 Å². The summed E-state index contributed by atoms with van der Waals surface area (Å²) in [6, 6.07) is 9.85. The van der Waals surface area contributed by atoms with Gasteiger partial charge in [0, 0.05) is 13.5 Å². The molecule has 0 spiro atoms. The van der Waals surface area contributed by atoms with Gasteiger partial charge in [-0.1, -0.05) is 30.3 Å². The van der Waals surface area contributed by atoms with Crippen molar-refractivity contribution < 1.29 is 23.8 Å². The summed E-state index contributed by atoms with van der Waals surface area (Å²) in [5.41, 5.74) is 1.11. The number of fused-ring (bicyclic) bond motifs is 1. The maximum absolute atomic E-state index is 12.6. The summed E-state index contributed by atoms with van der Waals surface area (Å²) in [5.74, 6) is -1.49. The van der Waals surface area contributed by atoms with Crippen LogP contribution in [0.2, 0.25) is 0 Å². The van der Waals surface area contributed by atoms with Gasteiger partial charge >= 0.3 is 5.97 Å². The first-order valence-electron chi connectivity index (χ1n) is 7.75. The molecule has 6 heteroatoms. The largest absolute Gasteiger partial charge is 0.439 e. The van der Waals surface area contributed by atoms with E-state index in [0.717, 1.165) is 5.56 Å². The van der Waals surface area contributed by atoms with Crippen LogP contribution in [0.5, 0.6) is 0 Å². The smallest absolute Gasteiger partial charge is 0.304 e. The molecule has 3 rings (SSSR count). The molecule has 0 saturated carbocycles. The number of esters is 1. The van der Waals surface area contributed by atoms with Crippen molar-refractivity contribution in [3.8, 4) is 0 Å². The van der Waals surface area contributed by atoms with E-state index >= 15 is 0 Å². The number of rotatable bonds is 4. The summed E-state index contributed by atoms with van der Waals surface area (Å²) in [5, 5.41) is 0. The van der Waals surface area contributed by atoms with Crippen LogP contribution in [0.15, 0.2) is 30.3 Å². The van der Waals surface area contributed by atoms with Gasteiger partial charge in [-0.05, 0) is 25.8 Å². The Hall–Kier alpha value is -1.92. The molecule has 3 atom stereocenters. The SMILES string of the molecule is CC(=O)O[C@H]1[C@@H]2OC(C)(C)O[C@@H]2C(=O)N1CCc1ccccc1. The number of benzene rings is 1. The maximum atomic E-state index is 12.6. The van der Waals surface area contributed by atoms with Gasteiger partial charge in [0.2, 0.25) is 6.23 Å². The normalized spacial score (nSPS) is 28.7. The quantitative estimate of drug-likeness (QED) is 0.787. The molecule has 2 aliphatic heterocycles. The van der Waals surface area contributed by atoms with Crippen LogP contribution >= 0.6 is 0 Å². The lowest BCUT2D eigenvalue weighted by Crippen LogP contribution is -2.43. The van der Waals surface area contributed by atoms with Crippen molar-refractivity contribution in [2.75, 3.05) is 6.54 Å². The second kappa shape index (κ2) is 5.94. The minimum atomic E-state index is -0.852. The molecule has 0 aliphatic carbocycles. The monoisotopic (exact) mass is 319 g/mol. The first-order chi connectivity index (χ1) is 10.9. The maximum Gasteiger partial charge on any atom is 0.304 e. The molecular weight excluding hydrogens is 298 g/mol. The number of nitrogens with zero attached hydrogens (tertiary/aromatic N) is 1. The Morgan fingerprint density at radius 2 is 1.96 bits per heavy atom. The molecule has 1 amide bonds. The molecule has 2 fully saturated rings. The van der Waals surface area contributed by atoms with Crippen LogP contribution in [0, 0.1) is 0 Å². The molecule has 2 heterocycles. The third-order valence-electron chi connectivity index (χ3n) is 4.01. The highest BCUT2D eigenvalue weighted by Crippen LogP contribution is 2.38. The number of carbonyl (C=O) groups is 2. The predicted molar refractivity (Wildman–Crippen MR) is 81.2 cm³/mol. The van der Waals surface area contributed by atoms with Crippen LogP contribution < -0.4 is 0 Å². The van der Waals surface area contributed by atoms with E-state index in [1.807, 2.05) is 30.3 Å². The number of carbonyl (C=O) groups excluding carboxylic acids is 2. The number of hydrogen-bond donors (Lipinski definition) is 0. The van der Waals surface area contributed by atoms with Gasteiger partial charge < -0.3 is 19.1 Å². The fourth-order valence-corrected chi connectivity index (χ4v) is 3.09. The first kappa shape index (κ1) is 16.0. The number of amides is 1. The zero-order valence-electron chi connectivity index (χ0n) is 13.5. The summed E-state index contributed by atoms with van der Waals surface area (Å²) in [6.07, 6.45) is -1.37. The minimum absolute atomic E-state index is 0.192. The third kappa shape index (κ3) is 3.23. The highest BCUT2D eigenvalue weighted by atomic mass is 16.8. The molecule has 124 valence electrons. The lowest BCUT2D eigenvalue weighted by Gasteiger charge is -2.29. The van der Waals surface area contributed by atoms with Crippen molar-refractivity contribution in [1.82, 2.24) is 4.90 Å². The molecule has 1 aromatic rings. The van der Waals surface area contributed by atoms with Crippen molar-refractivity contribution in [2.45, 2.75) is 51.4 Å². The summed E-state index contributed by atoms with van der Waals surface area (Å²) >= 11 is 0. The second-order valence-corrected chi connectivity index (χ2v) is 6.29. The third-order valence-corrected chi connectivity index (χ3v) is 4.01. The molecule has 23 heavy (non-hydrogen) atoms. The van der Waals surface area contributed by atoms with E-state index in [1.165, 1.54) is 6.92 Å². The lowest BCUT2D eigenvalue weighted by atomic mass is 10.1. The van der Waals surface area contributed by atoms with Gasteiger partial charge in [0.15, 0.2) is 18.0 Å². The molecule has 0 aromatic heterocycles. The zero-order chi connectivity index (χ0) is 16.6. The molecule has 0 unspecified atom stereocenters. The van der Waals surface area contributed by atoms with Gasteiger partial charge in [0.1, 0.15) is 0 Å². The lowest BCUT2D eigenvalue weighted by molar-refractivity contribution is -0.196. The summed E-state index contributed by atoms with van der Waals surface area (Å²) in [6.45, 7) is 5.27. The summed E-state index contributed by atoms with van der Waals surface area (Å²) < 4.78 is 16.8. The van der Waals surface area contributed by atoms with Gasteiger partial charge in [0.25, 0.3) is 5.91 Å². The Balaban J connectivity index is 1.75. The van der Waals surface area contributed by atoms with E-state index < -0.39 is 30.2 Å². The topological polar surface area (TPSA) is 65.1 Å². The molecule has 6 nitrogen and oxygen atoms in total. The Morgan fingerprint density at radius 1 is 1.26 bits per heavy atom. The second-order valence-electron chi connectivity index (χ2n) is 6.29. The van der Waals surface area contributed by atoms with E-state index in [1.54, 1.807) is 18.7 Å². The summed E-state index contributed by atoms with van der Waals surface area (Å²) in [7, 11) is 0. The Bertz CT molecular complexity index is 600. The van der Waals surface area contributed by atoms with Crippen molar-refractivity contribution in [2.24, 2.45) is 0 Å². The number of likely N-dealkylation sites (tertiary alicyclic amines) is 1. The van der Waals surface area contributed by atoms with Gasteiger partial charge in [-0.25, -0.2) is 0 Å². The van der Waals surface area contributed by atoms with Crippen molar-refractivity contribution in [3.05, 3.63) is 35.9 Å². The van der Waals surface area contributed by atoms with Crippen LogP contribution in [-0.2, 0) is 30.2 Å². The van der Waals surface area contributed by atoms with Crippen molar-refractivity contribution in [1.29, 1.82) is 0 Å². The molecule has 0 N–H and O–H groups in total. The fourth-order valence-electron chi connectivity index (χ4n) is 3.09. The average Bonchev–Trinajstić information content (AvgIpc) is 2.92. The Kier molecular flexibility index (Phi) is 4.12. The Labute approximate surface area is 135 Å². The molecule has 2 aliphatic rings. The highest BCUT2D eigenvalue weighted by Gasteiger charge is 2.59. The fraction of sp³-hybridized carbons (Fsp3) is 0.529. The number of hydrogen-bond acceptors (Lipinski definition) is 5. The van der Waals surface area contributed by atoms with Gasteiger partial charge in [0.05, 0.1) is 0 Å². The van der Waals surface area contributed by atoms with E-state index in [4.69, 9.17) is 14.2 Å². The molecule has 0 bridgehead atoms. The van der Waals surface area contributed by atoms with Crippen LogP contribution in [0.4, 0.5) is 0 Å². The van der Waals surface area contributed by atoms with E-state index in [0.29, 0.717) is 13.0 Å². The minimum Gasteiger partial charge on any atom is -0.439 e. The van der Waals surface area contributed by atoms with E-state index in [2.05, 4.69) is 0 Å². The predicted octanol–water partition coefficient (Wildman–Crippen LogP) is 1.48. The summed E-state index contributed by atoms with van der Waals surface area (Å²) in [4.78, 5) is 25.6. The number of ether oxygens (including phenoxy) is 3. The first-order valence-corrected chi connectivity index (χ1v) is 7.75. The van der Waals surface area contributed by atoms with E-state index in [-0.39, 0.29) is 5.91 Å². The standard InChI is InChI=1S/C17H21NO5/c1-11(19)21-16-14-13(22-17(2,3)23-14)15(20)18(16)10-9-12-7-5-4-6-8-12/h4-8,13-14,16H,9-10H2,1-3H3/t13-,14+,16-/m0/s1. The molecule has 2 saturated heterocycles. The van der Waals surface area contributed by atoms with Gasteiger partial charge in [-0.3, -0.25) is 9.59 Å². The Morgan fingerprint density at radius 3 is 2.61 bits per heavy atom. The molecular formula is C17H21NO5.